The molecule has 1 aromatic heterocycles. The van der Waals surface area contributed by atoms with Gasteiger partial charge in [-0.1, -0.05) is 37.8 Å². The fourth-order valence-electron chi connectivity index (χ4n) is 3.16. The Morgan fingerprint density at radius 2 is 1.95 bits per heavy atom. The van der Waals surface area contributed by atoms with Crippen LogP contribution in [-0.4, -0.2) is 9.97 Å². The fourth-order valence-corrected chi connectivity index (χ4v) is 4.02. The lowest BCUT2D eigenvalue weighted by atomic mass is 9.80. The molecule has 0 saturated heterocycles. The Morgan fingerprint density at radius 3 is 2.63 bits per heavy atom. The number of aromatic nitrogens is 2. The van der Waals surface area contributed by atoms with Crippen LogP contribution in [0.4, 0.5) is 0 Å². The van der Waals surface area contributed by atoms with Crippen molar-refractivity contribution in [1.82, 2.24) is 9.97 Å². The molecule has 2 saturated carbocycles. The third kappa shape index (κ3) is 3.07. The summed E-state index contributed by atoms with van der Waals surface area (Å²) in [6, 6.07) is 0. The third-order valence-corrected chi connectivity index (χ3v) is 6.20. The predicted octanol–water partition coefficient (Wildman–Crippen LogP) is 5.30. The summed E-state index contributed by atoms with van der Waals surface area (Å²) in [7, 11) is 0. The SMILES string of the molecule is CCC1CCCC(c2nc(Cl)c(I)c(C3CC3)n2)C1. The number of hydrogen-bond donors (Lipinski definition) is 0. The molecule has 0 aliphatic heterocycles. The van der Waals surface area contributed by atoms with Crippen molar-refractivity contribution in [2.24, 2.45) is 5.92 Å². The summed E-state index contributed by atoms with van der Waals surface area (Å²) in [4.78, 5) is 9.47. The van der Waals surface area contributed by atoms with Crippen molar-refractivity contribution < 1.29 is 0 Å². The van der Waals surface area contributed by atoms with E-state index in [1.807, 2.05) is 0 Å². The predicted molar refractivity (Wildman–Crippen MR) is 86.7 cm³/mol. The van der Waals surface area contributed by atoms with E-state index in [-0.39, 0.29) is 0 Å². The first-order valence-corrected chi connectivity index (χ1v) is 8.87. The maximum Gasteiger partial charge on any atom is 0.146 e. The number of rotatable bonds is 3. The molecule has 1 aromatic rings. The molecule has 0 bridgehead atoms. The molecule has 2 nitrogen and oxygen atoms in total. The lowest BCUT2D eigenvalue weighted by Crippen LogP contribution is -2.17. The Labute approximate surface area is 133 Å². The van der Waals surface area contributed by atoms with E-state index in [0.717, 1.165) is 15.3 Å². The van der Waals surface area contributed by atoms with Gasteiger partial charge in [0.2, 0.25) is 0 Å². The van der Waals surface area contributed by atoms with Crippen molar-refractivity contribution in [3.63, 3.8) is 0 Å². The summed E-state index contributed by atoms with van der Waals surface area (Å²) in [5, 5.41) is 0.672. The average Bonchev–Trinajstić information content (AvgIpc) is 3.26. The molecule has 2 atom stereocenters. The van der Waals surface area contributed by atoms with Gasteiger partial charge in [0.1, 0.15) is 11.0 Å². The number of halogens is 2. The first-order chi connectivity index (χ1) is 9.19. The molecule has 1 heterocycles. The lowest BCUT2D eigenvalue weighted by molar-refractivity contribution is 0.307. The van der Waals surface area contributed by atoms with E-state index >= 15 is 0 Å². The standard InChI is InChI=1S/C15H20ClIN2/c1-2-9-4-3-5-11(8-9)15-18-13(10-6-7-10)12(17)14(16)19-15/h9-11H,2-8H2,1H3. The van der Waals surface area contributed by atoms with E-state index < -0.39 is 0 Å². The molecule has 0 aromatic carbocycles. The molecule has 3 rings (SSSR count). The van der Waals surface area contributed by atoms with E-state index in [2.05, 4.69) is 34.5 Å². The Bertz CT molecular complexity index is 473. The van der Waals surface area contributed by atoms with Gasteiger partial charge in [-0.15, -0.1) is 0 Å². The van der Waals surface area contributed by atoms with Gasteiger partial charge < -0.3 is 0 Å². The summed E-state index contributed by atoms with van der Waals surface area (Å²) in [5.74, 6) is 3.05. The Balaban J connectivity index is 1.87. The molecule has 2 unspecified atom stereocenters. The van der Waals surface area contributed by atoms with Crippen LogP contribution in [0.1, 0.15) is 75.2 Å². The molecule has 0 N–H and O–H groups in total. The van der Waals surface area contributed by atoms with Gasteiger partial charge in [0.25, 0.3) is 0 Å². The monoisotopic (exact) mass is 390 g/mol. The van der Waals surface area contributed by atoms with Gasteiger partial charge in [0, 0.05) is 11.8 Å². The smallest absolute Gasteiger partial charge is 0.146 e. The zero-order valence-electron chi connectivity index (χ0n) is 11.3. The second-order valence-electron chi connectivity index (χ2n) is 5.98. The van der Waals surface area contributed by atoms with Gasteiger partial charge in [-0.05, 0) is 54.2 Å². The van der Waals surface area contributed by atoms with Gasteiger partial charge in [-0.3, -0.25) is 0 Å². The molecule has 4 heteroatoms. The first-order valence-electron chi connectivity index (χ1n) is 7.41. The minimum atomic E-state index is 0.533. The van der Waals surface area contributed by atoms with Crippen molar-refractivity contribution in [1.29, 1.82) is 0 Å². The van der Waals surface area contributed by atoms with Crippen LogP contribution in [0.2, 0.25) is 5.15 Å². The Morgan fingerprint density at radius 1 is 1.16 bits per heavy atom. The van der Waals surface area contributed by atoms with Crippen molar-refractivity contribution in [3.8, 4) is 0 Å². The van der Waals surface area contributed by atoms with Crippen LogP contribution in [0.25, 0.3) is 0 Å². The van der Waals surface area contributed by atoms with Gasteiger partial charge >= 0.3 is 0 Å². The summed E-state index contributed by atoms with van der Waals surface area (Å²) >= 11 is 8.62. The summed E-state index contributed by atoms with van der Waals surface area (Å²) in [5.41, 5.74) is 1.22. The normalized spacial score (nSPS) is 27.5. The molecule has 19 heavy (non-hydrogen) atoms. The maximum atomic E-state index is 6.32. The van der Waals surface area contributed by atoms with Crippen molar-refractivity contribution in [2.75, 3.05) is 0 Å². The molecule has 2 aliphatic rings. The van der Waals surface area contributed by atoms with Crippen LogP contribution < -0.4 is 0 Å². The topological polar surface area (TPSA) is 25.8 Å². The molecular formula is C15H20ClIN2. The van der Waals surface area contributed by atoms with Crippen molar-refractivity contribution in [3.05, 3.63) is 20.2 Å². The quantitative estimate of drug-likeness (QED) is 0.517. The largest absolute Gasteiger partial charge is 0.236 e. The minimum Gasteiger partial charge on any atom is -0.236 e. The number of hydrogen-bond acceptors (Lipinski definition) is 2. The molecule has 0 radical (unpaired) electrons. The lowest BCUT2D eigenvalue weighted by Gasteiger charge is -2.27. The van der Waals surface area contributed by atoms with E-state index in [1.54, 1.807) is 0 Å². The number of nitrogens with zero attached hydrogens (tertiary/aromatic N) is 2. The van der Waals surface area contributed by atoms with Gasteiger partial charge in [0.05, 0.1) is 9.26 Å². The molecule has 0 spiro atoms. The van der Waals surface area contributed by atoms with Gasteiger partial charge in [0.15, 0.2) is 0 Å². The van der Waals surface area contributed by atoms with Crippen molar-refractivity contribution in [2.45, 2.75) is 63.7 Å². The highest BCUT2D eigenvalue weighted by atomic mass is 127. The second kappa shape index (κ2) is 5.84. The van der Waals surface area contributed by atoms with E-state index in [4.69, 9.17) is 16.6 Å². The zero-order valence-corrected chi connectivity index (χ0v) is 14.2. The zero-order chi connectivity index (χ0) is 13.4. The fraction of sp³-hybridized carbons (Fsp3) is 0.733. The highest BCUT2D eigenvalue weighted by Gasteiger charge is 2.31. The van der Waals surface area contributed by atoms with Crippen LogP contribution in [0.15, 0.2) is 0 Å². The van der Waals surface area contributed by atoms with Crippen LogP contribution in [-0.2, 0) is 0 Å². The van der Waals surface area contributed by atoms with E-state index in [0.29, 0.717) is 17.0 Å². The van der Waals surface area contributed by atoms with Crippen LogP contribution in [0.3, 0.4) is 0 Å². The minimum absolute atomic E-state index is 0.533. The highest BCUT2D eigenvalue weighted by molar-refractivity contribution is 14.1. The second-order valence-corrected chi connectivity index (χ2v) is 7.42. The van der Waals surface area contributed by atoms with Gasteiger partial charge in [-0.25, -0.2) is 9.97 Å². The van der Waals surface area contributed by atoms with E-state index in [1.165, 1.54) is 50.6 Å². The van der Waals surface area contributed by atoms with Crippen molar-refractivity contribution >= 4 is 34.2 Å². The Hall–Kier alpha value is 0.1000. The first kappa shape index (κ1) is 14.1. The molecule has 2 aliphatic carbocycles. The van der Waals surface area contributed by atoms with Crippen LogP contribution >= 0.6 is 34.2 Å². The molecule has 0 amide bonds. The Kier molecular flexibility index (Phi) is 4.32. The third-order valence-electron chi connectivity index (χ3n) is 4.54. The highest BCUT2D eigenvalue weighted by Crippen LogP contribution is 2.43. The summed E-state index contributed by atoms with van der Waals surface area (Å²) < 4.78 is 1.08. The maximum absolute atomic E-state index is 6.32. The van der Waals surface area contributed by atoms with Crippen LogP contribution in [0.5, 0.6) is 0 Å². The summed E-state index contributed by atoms with van der Waals surface area (Å²) in [6.45, 7) is 2.30. The molecular weight excluding hydrogens is 371 g/mol. The summed E-state index contributed by atoms with van der Waals surface area (Å²) in [6.07, 6.45) is 8.99. The molecule has 104 valence electrons. The molecule has 2 fully saturated rings. The van der Waals surface area contributed by atoms with Gasteiger partial charge in [-0.2, -0.15) is 0 Å². The average molecular weight is 391 g/mol. The van der Waals surface area contributed by atoms with Crippen LogP contribution in [0, 0.1) is 9.49 Å². The van der Waals surface area contributed by atoms with E-state index in [9.17, 15) is 0 Å².